The first-order valence-electron chi connectivity index (χ1n) is 9.33. The topological polar surface area (TPSA) is 92.0 Å². The number of methoxy groups -OCH3 is 1. The Hall–Kier alpha value is -4.07. The van der Waals surface area contributed by atoms with E-state index >= 15 is 0 Å². The number of nitrogens with one attached hydrogen (secondary N) is 1. The summed E-state index contributed by atoms with van der Waals surface area (Å²) in [6.45, 7) is 0.645. The molecule has 4 aromatic rings. The Labute approximate surface area is 173 Å². The minimum absolute atomic E-state index is 0.133. The van der Waals surface area contributed by atoms with Crippen LogP contribution in [0, 0.1) is 0 Å². The van der Waals surface area contributed by atoms with Gasteiger partial charge in [0.2, 0.25) is 0 Å². The van der Waals surface area contributed by atoms with Gasteiger partial charge < -0.3 is 20.1 Å². The standard InChI is InChI=1S/C22H21N5O3/c1-26(14-15-3-9-18(30-2)10-4-15)21-12-11-20-23-13-19(27(20)25-21)22(29)24-16-5-7-17(28)8-6-16/h3-13,28H,14H2,1-2H3,(H,24,29). The number of hydrogen-bond acceptors (Lipinski definition) is 6. The molecule has 0 radical (unpaired) electrons. The summed E-state index contributed by atoms with van der Waals surface area (Å²) in [4.78, 5) is 19.0. The summed E-state index contributed by atoms with van der Waals surface area (Å²) in [6, 6.07) is 17.8. The molecule has 2 aromatic carbocycles. The van der Waals surface area contributed by atoms with Crippen molar-refractivity contribution >= 4 is 23.1 Å². The maximum absolute atomic E-state index is 12.7. The Morgan fingerprint density at radius 1 is 1.10 bits per heavy atom. The Balaban J connectivity index is 1.55. The number of aromatic nitrogens is 3. The van der Waals surface area contributed by atoms with Crippen molar-refractivity contribution < 1.29 is 14.6 Å². The summed E-state index contributed by atoms with van der Waals surface area (Å²) in [7, 11) is 3.58. The van der Waals surface area contributed by atoms with Crippen LogP contribution in [-0.2, 0) is 6.54 Å². The fraction of sp³-hybridized carbons (Fsp3) is 0.136. The van der Waals surface area contributed by atoms with E-state index < -0.39 is 0 Å². The van der Waals surface area contributed by atoms with E-state index in [2.05, 4.69) is 15.4 Å². The van der Waals surface area contributed by atoms with Gasteiger partial charge in [0.25, 0.3) is 5.91 Å². The highest BCUT2D eigenvalue weighted by atomic mass is 16.5. The molecular weight excluding hydrogens is 382 g/mol. The molecule has 0 saturated heterocycles. The number of ether oxygens (including phenoxy) is 1. The zero-order chi connectivity index (χ0) is 21.1. The van der Waals surface area contributed by atoms with Gasteiger partial charge in [0, 0.05) is 19.3 Å². The number of carbonyl (C=O) groups is 1. The molecule has 30 heavy (non-hydrogen) atoms. The number of phenolic OH excluding ortho intramolecular Hbond substituents is 1. The van der Waals surface area contributed by atoms with Crippen LogP contribution < -0.4 is 15.0 Å². The fourth-order valence-corrected chi connectivity index (χ4v) is 3.05. The molecule has 8 nitrogen and oxygen atoms in total. The van der Waals surface area contributed by atoms with Crippen molar-refractivity contribution in [1.82, 2.24) is 14.6 Å². The number of amides is 1. The Morgan fingerprint density at radius 3 is 2.53 bits per heavy atom. The van der Waals surface area contributed by atoms with Crippen LogP contribution in [0.5, 0.6) is 11.5 Å². The minimum Gasteiger partial charge on any atom is -0.508 e. The van der Waals surface area contributed by atoms with E-state index in [1.165, 1.54) is 22.8 Å². The minimum atomic E-state index is -0.337. The summed E-state index contributed by atoms with van der Waals surface area (Å²) in [5, 5.41) is 16.8. The van der Waals surface area contributed by atoms with Crippen molar-refractivity contribution in [2.45, 2.75) is 6.54 Å². The quantitative estimate of drug-likeness (QED) is 0.480. The number of benzene rings is 2. The van der Waals surface area contributed by atoms with Crippen molar-refractivity contribution in [2.75, 3.05) is 24.4 Å². The average Bonchev–Trinajstić information content (AvgIpc) is 3.19. The molecule has 0 unspecified atom stereocenters. The van der Waals surface area contributed by atoms with E-state index in [9.17, 15) is 9.90 Å². The number of hydrogen-bond donors (Lipinski definition) is 2. The molecule has 152 valence electrons. The van der Waals surface area contributed by atoms with Gasteiger partial charge in [-0.15, -0.1) is 5.10 Å². The van der Waals surface area contributed by atoms with Gasteiger partial charge in [0.1, 0.15) is 17.3 Å². The second-order valence-corrected chi connectivity index (χ2v) is 6.81. The van der Waals surface area contributed by atoms with Gasteiger partial charge in [0.05, 0.1) is 13.3 Å². The number of aromatic hydroxyl groups is 1. The second kappa shape index (κ2) is 8.12. The van der Waals surface area contributed by atoms with Gasteiger partial charge in [-0.25, -0.2) is 9.50 Å². The van der Waals surface area contributed by atoms with E-state index in [4.69, 9.17) is 4.74 Å². The summed E-state index contributed by atoms with van der Waals surface area (Å²) in [5.41, 5.74) is 2.57. The number of imidazole rings is 1. The van der Waals surface area contributed by atoms with Gasteiger partial charge >= 0.3 is 0 Å². The van der Waals surface area contributed by atoms with Crippen LogP contribution >= 0.6 is 0 Å². The third kappa shape index (κ3) is 4.02. The van der Waals surface area contributed by atoms with Crippen molar-refractivity contribution in [3.8, 4) is 11.5 Å². The highest BCUT2D eigenvalue weighted by Crippen LogP contribution is 2.18. The lowest BCUT2D eigenvalue weighted by atomic mass is 10.2. The van der Waals surface area contributed by atoms with E-state index in [0.29, 0.717) is 29.4 Å². The van der Waals surface area contributed by atoms with Crippen LogP contribution in [-0.4, -0.2) is 39.8 Å². The van der Waals surface area contributed by atoms with Crippen LogP contribution in [0.25, 0.3) is 5.65 Å². The van der Waals surface area contributed by atoms with Crippen molar-refractivity contribution in [3.63, 3.8) is 0 Å². The van der Waals surface area contributed by atoms with Crippen LogP contribution in [0.2, 0.25) is 0 Å². The molecule has 0 aliphatic carbocycles. The van der Waals surface area contributed by atoms with Crippen LogP contribution in [0.15, 0.2) is 66.9 Å². The molecule has 0 aliphatic heterocycles. The van der Waals surface area contributed by atoms with Crippen molar-refractivity contribution in [2.24, 2.45) is 0 Å². The van der Waals surface area contributed by atoms with E-state index in [-0.39, 0.29) is 11.7 Å². The SMILES string of the molecule is COc1ccc(CN(C)c2ccc3ncc(C(=O)Nc4ccc(O)cc4)n3n2)cc1. The molecule has 4 rings (SSSR count). The van der Waals surface area contributed by atoms with Crippen molar-refractivity contribution in [1.29, 1.82) is 0 Å². The van der Waals surface area contributed by atoms with Gasteiger partial charge in [-0.3, -0.25) is 4.79 Å². The Bertz CT molecular complexity index is 1170. The molecule has 2 heterocycles. The Kier molecular flexibility index (Phi) is 5.21. The highest BCUT2D eigenvalue weighted by Gasteiger charge is 2.15. The number of carbonyl (C=O) groups excluding carboxylic acids is 1. The number of nitrogens with zero attached hydrogens (tertiary/aromatic N) is 4. The molecule has 0 bridgehead atoms. The smallest absolute Gasteiger partial charge is 0.276 e. The normalized spacial score (nSPS) is 10.7. The molecule has 1 amide bonds. The fourth-order valence-electron chi connectivity index (χ4n) is 3.05. The third-order valence-corrected chi connectivity index (χ3v) is 4.68. The lowest BCUT2D eigenvalue weighted by molar-refractivity contribution is 0.102. The van der Waals surface area contributed by atoms with Crippen LogP contribution in [0.3, 0.4) is 0 Å². The molecule has 0 fully saturated rings. The summed E-state index contributed by atoms with van der Waals surface area (Å²) in [5.74, 6) is 1.31. The van der Waals surface area contributed by atoms with E-state index in [1.54, 1.807) is 19.2 Å². The predicted molar refractivity (Wildman–Crippen MR) is 114 cm³/mol. The largest absolute Gasteiger partial charge is 0.508 e. The second-order valence-electron chi connectivity index (χ2n) is 6.81. The van der Waals surface area contributed by atoms with Crippen LogP contribution in [0.1, 0.15) is 16.1 Å². The molecule has 0 saturated carbocycles. The lowest BCUT2D eigenvalue weighted by Crippen LogP contribution is -2.20. The molecule has 0 spiro atoms. The molecule has 8 heteroatoms. The first-order chi connectivity index (χ1) is 14.5. The summed E-state index contributed by atoms with van der Waals surface area (Å²) >= 11 is 0. The molecule has 0 aliphatic rings. The van der Waals surface area contributed by atoms with Gasteiger partial charge in [-0.2, -0.15) is 0 Å². The summed E-state index contributed by atoms with van der Waals surface area (Å²) < 4.78 is 6.72. The van der Waals surface area contributed by atoms with Gasteiger partial charge in [-0.05, 0) is 54.1 Å². The monoisotopic (exact) mass is 403 g/mol. The number of anilines is 2. The van der Waals surface area contributed by atoms with Gasteiger partial charge in [0.15, 0.2) is 11.3 Å². The number of phenols is 1. The zero-order valence-corrected chi connectivity index (χ0v) is 16.6. The molecule has 2 N–H and O–H groups in total. The van der Waals surface area contributed by atoms with E-state index in [1.807, 2.05) is 48.3 Å². The lowest BCUT2D eigenvalue weighted by Gasteiger charge is -2.18. The Morgan fingerprint density at radius 2 is 1.83 bits per heavy atom. The maximum atomic E-state index is 12.7. The first-order valence-corrected chi connectivity index (χ1v) is 9.33. The third-order valence-electron chi connectivity index (χ3n) is 4.68. The average molecular weight is 403 g/mol. The van der Waals surface area contributed by atoms with Crippen LogP contribution in [0.4, 0.5) is 11.5 Å². The number of fused-ring (bicyclic) bond motifs is 1. The molecular formula is C22H21N5O3. The van der Waals surface area contributed by atoms with E-state index in [0.717, 1.165) is 11.3 Å². The summed E-state index contributed by atoms with van der Waals surface area (Å²) in [6.07, 6.45) is 1.49. The molecule has 0 atom stereocenters. The maximum Gasteiger partial charge on any atom is 0.276 e. The zero-order valence-electron chi connectivity index (χ0n) is 16.6. The number of rotatable bonds is 6. The molecule has 2 aromatic heterocycles. The first kappa shape index (κ1) is 19.3. The predicted octanol–water partition coefficient (Wildman–Crippen LogP) is 3.33. The highest BCUT2D eigenvalue weighted by molar-refractivity contribution is 6.03. The van der Waals surface area contributed by atoms with Gasteiger partial charge in [-0.1, -0.05) is 12.1 Å². The van der Waals surface area contributed by atoms with Crippen molar-refractivity contribution in [3.05, 3.63) is 78.1 Å².